The molecule has 0 N–H and O–H groups in total. The predicted octanol–water partition coefficient (Wildman–Crippen LogP) is 1.06. The number of nitrogens with zero attached hydrogens (tertiary/aromatic N) is 3. The summed E-state index contributed by atoms with van der Waals surface area (Å²) in [5, 5.41) is 0. The lowest BCUT2D eigenvalue weighted by molar-refractivity contribution is -0.156. The van der Waals surface area contributed by atoms with Crippen LogP contribution in [0.1, 0.15) is 33.8 Å². The van der Waals surface area contributed by atoms with E-state index in [4.69, 9.17) is 4.74 Å². The Morgan fingerprint density at radius 3 is 2.57 bits per heavy atom. The summed E-state index contributed by atoms with van der Waals surface area (Å²) in [6.07, 6.45) is 3.25. The van der Waals surface area contributed by atoms with Gasteiger partial charge in [0.05, 0.1) is 25.1 Å². The lowest BCUT2D eigenvalue weighted by Gasteiger charge is -2.47. The van der Waals surface area contributed by atoms with E-state index in [1.807, 2.05) is 11.2 Å². The number of carbonyl (C=O) groups is 3. The zero-order chi connectivity index (χ0) is 20.1. The Morgan fingerprint density at radius 1 is 1.18 bits per heavy atom. The van der Waals surface area contributed by atoms with Gasteiger partial charge in [0.1, 0.15) is 11.4 Å². The largest absolute Gasteiger partial charge is 0.464 e. The summed E-state index contributed by atoms with van der Waals surface area (Å²) < 4.78 is 10.7. The number of morpholine rings is 1. The van der Waals surface area contributed by atoms with Crippen LogP contribution in [0.2, 0.25) is 0 Å². The van der Waals surface area contributed by atoms with Crippen LogP contribution in [0.3, 0.4) is 0 Å². The molecular formula is C19H25N3O5S. The molecule has 9 heteroatoms. The number of hydrogen-bond donors (Lipinski definition) is 0. The lowest BCUT2D eigenvalue weighted by atomic mass is 9.89. The van der Waals surface area contributed by atoms with Crippen LogP contribution in [0, 0.1) is 0 Å². The average Bonchev–Trinajstić information content (AvgIpc) is 2.73. The first-order chi connectivity index (χ1) is 13.5. The second-order valence-electron chi connectivity index (χ2n) is 6.97. The first-order valence-electron chi connectivity index (χ1n) is 9.23. The van der Waals surface area contributed by atoms with E-state index in [0.717, 1.165) is 0 Å². The minimum Gasteiger partial charge on any atom is -0.464 e. The van der Waals surface area contributed by atoms with E-state index >= 15 is 0 Å². The van der Waals surface area contributed by atoms with Crippen LogP contribution in [-0.2, 0) is 14.3 Å². The number of thioether (sulfide) groups is 1. The quantitative estimate of drug-likeness (QED) is 0.690. The van der Waals surface area contributed by atoms with E-state index in [9.17, 15) is 14.4 Å². The van der Waals surface area contributed by atoms with Crippen molar-refractivity contribution in [2.45, 2.75) is 18.4 Å². The summed E-state index contributed by atoms with van der Waals surface area (Å²) in [5.74, 6) is -0.176. The van der Waals surface area contributed by atoms with Gasteiger partial charge in [-0.1, -0.05) is 6.07 Å². The molecule has 2 amide bonds. The van der Waals surface area contributed by atoms with Crippen molar-refractivity contribution in [3.05, 3.63) is 29.6 Å². The maximum Gasteiger partial charge on any atom is 0.356 e. The van der Waals surface area contributed by atoms with Crippen LogP contribution in [-0.4, -0.2) is 90.1 Å². The number of ether oxygens (including phenoxy) is 2. The number of hydrogen-bond acceptors (Lipinski definition) is 7. The lowest BCUT2D eigenvalue weighted by Crippen LogP contribution is -2.58. The van der Waals surface area contributed by atoms with Crippen LogP contribution >= 0.6 is 11.8 Å². The second-order valence-corrected chi connectivity index (χ2v) is 7.84. The third-order valence-electron chi connectivity index (χ3n) is 5.19. The summed E-state index contributed by atoms with van der Waals surface area (Å²) in [6, 6.07) is 4.74. The highest BCUT2D eigenvalue weighted by Crippen LogP contribution is 2.31. The van der Waals surface area contributed by atoms with Gasteiger partial charge in [-0.05, 0) is 31.2 Å². The Labute approximate surface area is 168 Å². The van der Waals surface area contributed by atoms with Gasteiger partial charge in [0.15, 0.2) is 0 Å². The van der Waals surface area contributed by atoms with E-state index in [0.29, 0.717) is 51.4 Å². The molecule has 0 bridgehead atoms. The molecule has 2 fully saturated rings. The van der Waals surface area contributed by atoms with Crippen molar-refractivity contribution in [3.63, 3.8) is 0 Å². The summed E-state index contributed by atoms with van der Waals surface area (Å²) in [7, 11) is 1.28. The maximum atomic E-state index is 12.8. The van der Waals surface area contributed by atoms with Crippen molar-refractivity contribution in [1.29, 1.82) is 0 Å². The van der Waals surface area contributed by atoms with E-state index in [2.05, 4.69) is 9.72 Å². The van der Waals surface area contributed by atoms with Gasteiger partial charge in [-0.3, -0.25) is 9.59 Å². The topological polar surface area (TPSA) is 89.0 Å². The van der Waals surface area contributed by atoms with E-state index in [1.165, 1.54) is 24.9 Å². The number of methoxy groups -OCH3 is 1. The smallest absolute Gasteiger partial charge is 0.356 e. The molecule has 0 unspecified atom stereocenters. The first kappa shape index (κ1) is 20.6. The predicted molar refractivity (Wildman–Crippen MR) is 104 cm³/mol. The minimum absolute atomic E-state index is 0.111. The van der Waals surface area contributed by atoms with Gasteiger partial charge in [-0.2, -0.15) is 11.8 Å². The van der Waals surface area contributed by atoms with Gasteiger partial charge in [-0.25, -0.2) is 9.78 Å². The average molecular weight is 407 g/mol. The molecule has 28 heavy (non-hydrogen) atoms. The number of piperidine rings is 1. The molecule has 2 aliphatic heterocycles. The minimum atomic E-state index is -0.571. The maximum absolute atomic E-state index is 12.8. The van der Waals surface area contributed by atoms with Gasteiger partial charge < -0.3 is 19.3 Å². The number of esters is 1. The van der Waals surface area contributed by atoms with Crippen molar-refractivity contribution in [2.75, 3.05) is 51.9 Å². The molecular weight excluding hydrogens is 382 g/mol. The summed E-state index contributed by atoms with van der Waals surface area (Å²) >= 11 is 1.52. The fraction of sp³-hybridized carbons (Fsp3) is 0.579. The Hall–Kier alpha value is -2.13. The van der Waals surface area contributed by atoms with Gasteiger partial charge in [0.25, 0.3) is 5.91 Å². The molecule has 1 aromatic rings. The number of pyridine rings is 1. The van der Waals surface area contributed by atoms with Crippen molar-refractivity contribution < 1.29 is 23.9 Å². The molecule has 3 heterocycles. The van der Waals surface area contributed by atoms with Gasteiger partial charge in [0.2, 0.25) is 5.91 Å². The number of rotatable bonds is 4. The molecule has 2 aliphatic rings. The van der Waals surface area contributed by atoms with Crippen molar-refractivity contribution in [1.82, 2.24) is 14.8 Å². The summed E-state index contributed by atoms with van der Waals surface area (Å²) in [4.78, 5) is 44.4. The highest BCUT2D eigenvalue weighted by Gasteiger charge is 2.41. The molecule has 152 valence electrons. The van der Waals surface area contributed by atoms with Crippen molar-refractivity contribution in [3.8, 4) is 0 Å². The van der Waals surface area contributed by atoms with Crippen LogP contribution in [0.15, 0.2) is 18.2 Å². The number of carbonyl (C=O) groups excluding carboxylic acids is 3. The second kappa shape index (κ2) is 8.91. The van der Waals surface area contributed by atoms with Crippen LogP contribution in [0.5, 0.6) is 0 Å². The normalized spacial score (nSPS) is 18.8. The van der Waals surface area contributed by atoms with Crippen LogP contribution in [0.25, 0.3) is 0 Å². The Morgan fingerprint density at radius 2 is 1.89 bits per heavy atom. The Kier molecular flexibility index (Phi) is 6.56. The van der Waals surface area contributed by atoms with Gasteiger partial charge >= 0.3 is 5.97 Å². The van der Waals surface area contributed by atoms with Gasteiger partial charge in [0, 0.05) is 26.2 Å². The fourth-order valence-corrected chi connectivity index (χ4v) is 4.06. The van der Waals surface area contributed by atoms with Crippen LogP contribution in [0.4, 0.5) is 0 Å². The molecule has 0 atom stereocenters. The van der Waals surface area contributed by atoms with Gasteiger partial charge in [-0.15, -0.1) is 0 Å². The molecule has 0 aromatic carbocycles. The number of amides is 2. The molecule has 2 saturated heterocycles. The van der Waals surface area contributed by atoms with E-state index in [1.54, 1.807) is 17.0 Å². The van der Waals surface area contributed by atoms with Crippen molar-refractivity contribution in [2.24, 2.45) is 0 Å². The fourth-order valence-electron chi connectivity index (χ4n) is 3.63. The van der Waals surface area contributed by atoms with E-state index in [-0.39, 0.29) is 28.8 Å². The van der Waals surface area contributed by atoms with Crippen LogP contribution < -0.4 is 0 Å². The summed E-state index contributed by atoms with van der Waals surface area (Å²) in [6.45, 7) is 2.76. The number of aromatic nitrogens is 1. The van der Waals surface area contributed by atoms with Crippen molar-refractivity contribution >= 4 is 29.5 Å². The standard InChI is InChI=1S/C19H25N3O5S/c1-26-18(25)15-5-3-4-14(20-15)17(24)21-8-6-19(7-9-21)13-22(10-11-27-19)16(23)12-28-2/h3-5H,6-13H2,1-2H3. The molecule has 8 nitrogen and oxygen atoms in total. The SMILES string of the molecule is COC(=O)c1cccc(C(=O)N2CCC3(CC2)CN(C(=O)CSC)CCO3)n1. The molecule has 0 radical (unpaired) electrons. The Balaban J connectivity index is 1.62. The molecule has 1 spiro atoms. The molecule has 1 aromatic heterocycles. The molecule has 3 rings (SSSR count). The zero-order valence-corrected chi connectivity index (χ0v) is 17.0. The Bertz CT molecular complexity index is 749. The first-order valence-corrected chi connectivity index (χ1v) is 10.6. The molecule has 0 aliphatic carbocycles. The highest BCUT2D eigenvalue weighted by atomic mass is 32.2. The third-order valence-corrected chi connectivity index (χ3v) is 5.73. The zero-order valence-electron chi connectivity index (χ0n) is 16.2. The summed E-state index contributed by atoms with van der Waals surface area (Å²) in [5.41, 5.74) is -0.0507. The number of likely N-dealkylation sites (tertiary alicyclic amines) is 1. The van der Waals surface area contributed by atoms with E-state index < -0.39 is 5.97 Å². The molecule has 0 saturated carbocycles. The monoisotopic (exact) mass is 407 g/mol. The highest BCUT2D eigenvalue weighted by molar-refractivity contribution is 7.99. The third kappa shape index (κ3) is 4.47.